The van der Waals surface area contributed by atoms with Crippen LogP contribution in [-0.2, 0) is 17.8 Å². The molecule has 0 bridgehead atoms. The Hall–Kier alpha value is -0.940. The van der Waals surface area contributed by atoms with Crippen LogP contribution in [0.25, 0.3) is 0 Å². The third kappa shape index (κ3) is 4.32. The molecule has 1 N–H and O–H groups in total. The fraction of sp³-hybridized carbons (Fsp3) is 0.778. The number of hydrogen-bond acceptors (Lipinski definition) is 4. The Morgan fingerprint density at radius 2 is 2.13 bits per heavy atom. The SMILES string of the molecule is CCCCC1CCC(C(=O)Nc2nc3c(s2)CN(C)CC3)CC1. The first-order chi connectivity index (χ1) is 11.2. The second-order valence-electron chi connectivity index (χ2n) is 7.23. The maximum Gasteiger partial charge on any atom is 0.229 e. The molecule has 1 aromatic heterocycles. The van der Waals surface area contributed by atoms with Crippen molar-refractivity contribution >= 4 is 22.4 Å². The lowest BCUT2D eigenvalue weighted by molar-refractivity contribution is -0.121. The van der Waals surface area contributed by atoms with Crippen molar-refractivity contribution < 1.29 is 4.79 Å². The van der Waals surface area contributed by atoms with Gasteiger partial charge in [0.2, 0.25) is 5.91 Å². The number of fused-ring (bicyclic) bond motifs is 1. The molecule has 0 aromatic carbocycles. The van der Waals surface area contributed by atoms with Crippen LogP contribution in [0.15, 0.2) is 0 Å². The second kappa shape index (κ2) is 7.75. The van der Waals surface area contributed by atoms with E-state index in [-0.39, 0.29) is 11.8 Å². The lowest BCUT2D eigenvalue weighted by Gasteiger charge is -2.27. The van der Waals surface area contributed by atoms with Gasteiger partial charge in [0.1, 0.15) is 0 Å². The van der Waals surface area contributed by atoms with Crippen molar-refractivity contribution in [3.8, 4) is 0 Å². The van der Waals surface area contributed by atoms with Gasteiger partial charge in [-0.25, -0.2) is 4.98 Å². The van der Waals surface area contributed by atoms with Crippen LogP contribution in [0.3, 0.4) is 0 Å². The minimum absolute atomic E-state index is 0.191. The molecule has 0 saturated heterocycles. The average Bonchev–Trinajstić information content (AvgIpc) is 2.94. The number of anilines is 1. The van der Waals surface area contributed by atoms with Gasteiger partial charge < -0.3 is 10.2 Å². The van der Waals surface area contributed by atoms with E-state index in [9.17, 15) is 4.79 Å². The Labute approximate surface area is 143 Å². The minimum Gasteiger partial charge on any atom is -0.302 e. The van der Waals surface area contributed by atoms with Gasteiger partial charge in [-0.15, -0.1) is 11.3 Å². The Kier molecular flexibility index (Phi) is 5.70. The summed E-state index contributed by atoms with van der Waals surface area (Å²) >= 11 is 1.66. The molecule has 1 aromatic rings. The highest BCUT2D eigenvalue weighted by Crippen LogP contribution is 2.33. The average molecular weight is 336 g/mol. The molecule has 1 fully saturated rings. The van der Waals surface area contributed by atoms with Crippen LogP contribution in [0.5, 0.6) is 0 Å². The zero-order chi connectivity index (χ0) is 16.2. The quantitative estimate of drug-likeness (QED) is 0.882. The van der Waals surface area contributed by atoms with Gasteiger partial charge in [-0.05, 0) is 38.6 Å². The van der Waals surface area contributed by atoms with Gasteiger partial charge in [-0.2, -0.15) is 0 Å². The molecule has 1 amide bonds. The van der Waals surface area contributed by atoms with E-state index in [0.717, 1.165) is 43.4 Å². The molecule has 23 heavy (non-hydrogen) atoms. The Morgan fingerprint density at radius 3 is 2.87 bits per heavy atom. The van der Waals surface area contributed by atoms with Crippen LogP contribution in [0.1, 0.15) is 62.4 Å². The van der Waals surface area contributed by atoms with Crippen molar-refractivity contribution in [3.05, 3.63) is 10.6 Å². The number of nitrogens with zero attached hydrogens (tertiary/aromatic N) is 2. The first-order valence-corrected chi connectivity index (χ1v) is 9.95. The number of nitrogens with one attached hydrogen (secondary N) is 1. The van der Waals surface area contributed by atoms with E-state index >= 15 is 0 Å². The van der Waals surface area contributed by atoms with Gasteiger partial charge in [-0.1, -0.05) is 26.2 Å². The highest BCUT2D eigenvalue weighted by Gasteiger charge is 2.27. The van der Waals surface area contributed by atoms with E-state index in [2.05, 4.69) is 29.2 Å². The van der Waals surface area contributed by atoms with E-state index in [0.29, 0.717) is 0 Å². The Bertz CT molecular complexity index is 534. The molecule has 1 aliphatic carbocycles. The van der Waals surface area contributed by atoms with Gasteiger partial charge in [0.25, 0.3) is 0 Å². The summed E-state index contributed by atoms with van der Waals surface area (Å²) in [6.45, 7) is 4.28. The van der Waals surface area contributed by atoms with Gasteiger partial charge in [0.05, 0.1) is 5.69 Å². The fourth-order valence-electron chi connectivity index (χ4n) is 3.79. The summed E-state index contributed by atoms with van der Waals surface area (Å²) in [6.07, 6.45) is 9.50. The predicted molar refractivity (Wildman–Crippen MR) is 95.8 cm³/mol. The van der Waals surface area contributed by atoms with E-state index < -0.39 is 0 Å². The van der Waals surface area contributed by atoms with E-state index in [1.807, 2.05) is 0 Å². The predicted octanol–water partition coefficient (Wildman–Crippen LogP) is 4.07. The summed E-state index contributed by atoms with van der Waals surface area (Å²) in [6, 6.07) is 0. The summed E-state index contributed by atoms with van der Waals surface area (Å²) in [5.74, 6) is 1.23. The zero-order valence-electron chi connectivity index (χ0n) is 14.4. The van der Waals surface area contributed by atoms with Gasteiger partial charge in [0, 0.05) is 30.3 Å². The minimum atomic E-state index is 0.191. The summed E-state index contributed by atoms with van der Waals surface area (Å²) in [7, 11) is 2.14. The molecule has 5 heteroatoms. The lowest BCUT2D eigenvalue weighted by Crippen LogP contribution is -2.27. The molecule has 0 unspecified atom stereocenters. The molecule has 0 atom stereocenters. The maximum absolute atomic E-state index is 12.5. The molecule has 0 spiro atoms. The van der Waals surface area contributed by atoms with Crippen LogP contribution in [0.4, 0.5) is 5.13 Å². The molecular formula is C18H29N3OS. The number of unbranched alkanes of at least 4 members (excludes halogenated alkanes) is 1. The lowest BCUT2D eigenvalue weighted by atomic mass is 9.79. The molecule has 2 aliphatic rings. The molecule has 2 heterocycles. The van der Waals surface area contributed by atoms with Gasteiger partial charge >= 0.3 is 0 Å². The van der Waals surface area contributed by atoms with Crippen LogP contribution in [-0.4, -0.2) is 29.4 Å². The van der Waals surface area contributed by atoms with Crippen molar-refractivity contribution in [2.75, 3.05) is 18.9 Å². The topological polar surface area (TPSA) is 45.2 Å². The molecule has 128 valence electrons. The normalized spacial score (nSPS) is 25.1. The summed E-state index contributed by atoms with van der Waals surface area (Å²) < 4.78 is 0. The van der Waals surface area contributed by atoms with Gasteiger partial charge in [0.15, 0.2) is 5.13 Å². The Balaban J connectivity index is 1.50. The van der Waals surface area contributed by atoms with Crippen molar-refractivity contribution in [1.29, 1.82) is 0 Å². The summed E-state index contributed by atoms with van der Waals surface area (Å²) in [5.41, 5.74) is 1.19. The standard InChI is InChI=1S/C18H29N3OS/c1-3-4-5-13-6-8-14(9-7-13)17(22)20-18-19-15-10-11-21(2)12-16(15)23-18/h13-14H,3-12H2,1-2H3,(H,19,20,22). The van der Waals surface area contributed by atoms with Gasteiger partial charge in [-0.3, -0.25) is 4.79 Å². The number of likely N-dealkylation sites (N-methyl/N-ethyl adjacent to an activating group) is 1. The molecule has 3 rings (SSSR count). The van der Waals surface area contributed by atoms with Crippen molar-refractivity contribution in [2.24, 2.45) is 11.8 Å². The molecule has 1 aliphatic heterocycles. The number of thiazole rings is 1. The van der Waals surface area contributed by atoms with Crippen LogP contribution in [0, 0.1) is 11.8 Å². The van der Waals surface area contributed by atoms with Crippen molar-refractivity contribution in [3.63, 3.8) is 0 Å². The zero-order valence-corrected chi connectivity index (χ0v) is 15.3. The Morgan fingerprint density at radius 1 is 1.35 bits per heavy atom. The number of hydrogen-bond donors (Lipinski definition) is 1. The molecule has 4 nitrogen and oxygen atoms in total. The monoisotopic (exact) mass is 335 g/mol. The summed E-state index contributed by atoms with van der Waals surface area (Å²) in [4.78, 5) is 20.8. The van der Waals surface area contributed by atoms with Crippen molar-refractivity contribution in [1.82, 2.24) is 9.88 Å². The third-order valence-corrected chi connectivity index (χ3v) is 6.33. The molecular weight excluding hydrogens is 306 g/mol. The first kappa shape index (κ1) is 16.9. The highest BCUT2D eigenvalue weighted by molar-refractivity contribution is 7.15. The van der Waals surface area contributed by atoms with Crippen LogP contribution >= 0.6 is 11.3 Å². The van der Waals surface area contributed by atoms with Crippen LogP contribution in [0.2, 0.25) is 0 Å². The number of aromatic nitrogens is 1. The van der Waals surface area contributed by atoms with Crippen LogP contribution < -0.4 is 5.32 Å². The number of carbonyl (C=O) groups is 1. The van der Waals surface area contributed by atoms with E-state index in [4.69, 9.17) is 0 Å². The second-order valence-corrected chi connectivity index (χ2v) is 8.31. The number of carbonyl (C=O) groups excluding carboxylic acids is 1. The number of amides is 1. The molecule has 1 saturated carbocycles. The van der Waals surface area contributed by atoms with E-state index in [1.54, 1.807) is 11.3 Å². The smallest absolute Gasteiger partial charge is 0.229 e. The first-order valence-electron chi connectivity index (χ1n) is 9.13. The number of rotatable bonds is 5. The third-order valence-electron chi connectivity index (χ3n) is 5.34. The van der Waals surface area contributed by atoms with E-state index in [1.165, 1.54) is 42.7 Å². The molecule has 0 radical (unpaired) electrons. The largest absolute Gasteiger partial charge is 0.302 e. The maximum atomic E-state index is 12.5. The summed E-state index contributed by atoms with van der Waals surface area (Å²) in [5, 5.41) is 3.90. The highest BCUT2D eigenvalue weighted by atomic mass is 32.1. The van der Waals surface area contributed by atoms with Crippen molar-refractivity contribution in [2.45, 2.75) is 64.8 Å². The fourth-order valence-corrected chi connectivity index (χ4v) is 4.88.